The average molecular weight is 378 g/mol. The third-order valence-electron chi connectivity index (χ3n) is 5.07. The minimum absolute atomic E-state index is 0.0324. The van der Waals surface area contributed by atoms with Gasteiger partial charge in [-0.3, -0.25) is 9.69 Å². The average Bonchev–Trinajstić information content (AvgIpc) is 3.19. The first-order valence-electron chi connectivity index (χ1n) is 9.04. The van der Waals surface area contributed by atoms with Crippen molar-refractivity contribution in [3.63, 3.8) is 0 Å². The van der Waals surface area contributed by atoms with E-state index >= 15 is 0 Å². The van der Waals surface area contributed by atoms with Crippen molar-refractivity contribution in [3.8, 4) is 0 Å². The molecule has 1 unspecified atom stereocenters. The van der Waals surface area contributed by atoms with Gasteiger partial charge in [0.1, 0.15) is 5.76 Å². The summed E-state index contributed by atoms with van der Waals surface area (Å²) in [5.74, 6) is 0.926. The van der Waals surface area contributed by atoms with Gasteiger partial charge in [0.15, 0.2) is 0 Å². The first-order valence-corrected chi connectivity index (χ1v) is 9.92. The van der Waals surface area contributed by atoms with Gasteiger partial charge in [-0.25, -0.2) is 0 Å². The number of carbonyl (C=O) groups excluding carboxylic acids is 1. The van der Waals surface area contributed by atoms with Gasteiger partial charge in [-0.2, -0.15) is 0 Å². The van der Waals surface area contributed by atoms with Crippen molar-refractivity contribution in [2.75, 3.05) is 20.2 Å². The number of rotatable bonds is 7. The molecule has 1 aliphatic rings. The fourth-order valence-corrected chi connectivity index (χ4v) is 4.38. The maximum Gasteiger partial charge on any atom is 0.252 e. The van der Waals surface area contributed by atoms with Crippen LogP contribution in [0.4, 0.5) is 0 Å². The number of fused-ring (bicyclic) bond motifs is 1. The zero-order valence-electron chi connectivity index (χ0n) is 15.9. The van der Waals surface area contributed by atoms with Crippen LogP contribution in [0.2, 0.25) is 0 Å². The van der Waals surface area contributed by atoms with Gasteiger partial charge in [-0.15, -0.1) is 11.3 Å². The van der Waals surface area contributed by atoms with Gasteiger partial charge in [-0.05, 0) is 39.2 Å². The number of thiophene rings is 1. The molecule has 0 radical (unpaired) electrons. The minimum atomic E-state index is 0.0324. The third-order valence-corrected chi connectivity index (χ3v) is 6.09. The molecule has 0 saturated heterocycles. The molecule has 0 fully saturated rings. The summed E-state index contributed by atoms with van der Waals surface area (Å²) < 4.78 is 10.5. The highest BCUT2D eigenvalue weighted by Crippen LogP contribution is 2.30. The lowest BCUT2D eigenvalue weighted by molar-refractivity contribution is 0.0917. The van der Waals surface area contributed by atoms with E-state index in [1.54, 1.807) is 18.4 Å². The van der Waals surface area contributed by atoms with Crippen LogP contribution in [0.1, 0.15) is 51.2 Å². The molecular weight excluding hydrogens is 350 g/mol. The summed E-state index contributed by atoms with van der Waals surface area (Å²) >= 11 is 1.68. The number of aromatic nitrogens is 1. The van der Waals surface area contributed by atoms with Crippen LogP contribution < -0.4 is 5.32 Å². The molecule has 0 bridgehead atoms. The number of aryl methyl sites for hydroxylation is 2. The smallest absolute Gasteiger partial charge is 0.252 e. The van der Waals surface area contributed by atoms with Gasteiger partial charge in [0.05, 0.1) is 17.4 Å². The fourth-order valence-electron chi connectivity index (χ4n) is 3.26. The maximum absolute atomic E-state index is 12.5. The molecule has 2 aromatic rings. The Morgan fingerprint density at radius 3 is 3.00 bits per heavy atom. The van der Waals surface area contributed by atoms with Crippen molar-refractivity contribution in [3.05, 3.63) is 38.4 Å². The number of ether oxygens (including phenoxy) is 1. The van der Waals surface area contributed by atoms with E-state index in [1.807, 2.05) is 26.2 Å². The lowest BCUT2D eigenvalue weighted by atomic mass is 10.0. The molecule has 3 rings (SSSR count). The monoisotopic (exact) mass is 377 g/mol. The minimum Gasteiger partial charge on any atom is -0.382 e. The van der Waals surface area contributed by atoms with Crippen LogP contribution in [0.25, 0.3) is 0 Å². The van der Waals surface area contributed by atoms with Crippen LogP contribution in [0.15, 0.2) is 9.90 Å². The van der Waals surface area contributed by atoms with Gasteiger partial charge in [0.25, 0.3) is 5.91 Å². The molecule has 1 N–H and O–H groups in total. The summed E-state index contributed by atoms with van der Waals surface area (Å²) in [5, 5.41) is 9.05. The highest BCUT2D eigenvalue weighted by Gasteiger charge is 2.25. The topological polar surface area (TPSA) is 67.6 Å². The molecular formula is C19H27N3O3S. The second-order valence-corrected chi connectivity index (χ2v) is 7.87. The van der Waals surface area contributed by atoms with Crippen molar-refractivity contribution in [2.24, 2.45) is 0 Å². The van der Waals surface area contributed by atoms with Crippen LogP contribution in [0.5, 0.6) is 0 Å². The molecule has 6 nitrogen and oxygen atoms in total. The van der Waals surface area contributed by atoms with E-state index in [0.717, 1.165) is 49.5 Å². The molecule has 1 atom stereocenters. The molecule has 0 aliphatic carbocycles. The summed E-state index contributed by atoms with van der Waals surface area (Å²) in [5.41, 5.74) is 4.19. The molecule has 1 aliphatic heterocycles. The SMILES string of the molecule is COC(C)CCNC(=O)c1csc2c1CCN(Cc1c(C)noc1C)C2. The highest BCUT2D eigenvalue weighted by molar-refractivity contribution is 7.10. The van der Waals surface area contributed by atoms with E-state index in [-0.39, 0.29) is 12.0 Å². The Hall–Kier alpha value is -1.70. The Balaban J connectivity index is 1.60. The van der Waals surface area contributed by atoms with Gasteiger partial charge >= 0.3 is 0 Å². The van der Waals surface area contributed by atoms with Gasteiger partial charge in [0.2, 0.25) is 0 Å². The Bertz CT molecular complexity index is 749. The summed E-state index contributed by atoms with van der Waals surface area (Å²) in [6, 6.07) is 0. The van der Waals surface area contributed by atoms with E-state index in [1.165, 1.54) is 16.0 Å². The van der Waals surface area contributed by atoms with Gasteiger partial charge in [-0.1, -0.05) is 5.16 Å². The molecule has 1 amide bonds. The lowest BCUT2D eigenvalue weighted by Crippen LogP contribution is -2.32. The zero-order chi connectivity index (χ0) is 18.7. The Kier molecular flexibility index (Phi) is 6.11. The van der Waals surface area contributed by atoms with Crippen LogP contribution in [0, 0.1) is 13.8 Å². The Morgan fingerprint density at radius 2 is 2.31 bits per heavy atom. The van der Waals surface area contributed by atoms with Crippen LogP contribution in [0.3, 0.4) is 0 Å². The number of methoxy groups -OCH3 is 1. The maximum atomic E-state index is 12.5. The third kappa shape index (κ3) is 4.16. The summed E-state index contributed by atoms with van der Waals surface area (Å²) in [4.78, 5) is 16.2. The molecule has 26 heavy (non-hydrogen) atoms. The van der Waals surface area contributed by atoms with Crippen LogP contribution in [-0.4, -0.2) is 42.3 Å². The highest BCUT2D eigenvalue weighted by atomic mass is 32.1. The normalized spacial score (nSPS) is 15.7. The molecule has 7 heteroatoms. The number of hydrogen-bond acceptors (Lipinski definition) is 6. The van der Waals surface area contributed by atoms with E-state index in [9.17, 15) is 4.79 Å². The standard InChI is InChI=1S/C19H27N3O3S/c1-12(24-4)5-7-20-19(23)17-11-26-18-10-22(8-6-15(17)18)9-16-13(2)21-25-14(16)3/h11-12H,5-10H2,1-4H3,(H,20,23). The molecule has 0 aromatic carbocycles. The van der Waals surface area contributed by atoms with Crippen molar-refractivity contribution >= 4 is 17.2 Å². The van der Waals surface area contributed by atoms with E-state index < -0.39 is 0 Å². The Morgan fingerprint density at radius 1 is 1.50 bits per heavy atom. The number of nitrogens with one attached hydrogen (secondary N) is 1. The molecule has 0 saturated carbocycles. The quantitative estimate of drug-likeness (QED) is 0.803. The van der Waals surface area contributed by atoms with Crippen molar-refractivity contribution in [1.82, 2.24) is 15.4 Å². The number of nitrogens with zero attached hydrogens (tertiary/aromatic N) is 2. The van der Waals surface area contributed by atoms with E-state index in [0.29, 0.717) is 6.54 Å². The number of carbonyl (C=O) groups is 1. The zero-order valence-corrected chi connectivity index (χ0v) is 16.7. The fraction of sp³-hybridized carbons (Fsp3) is 0.579. The van der Waals surface area contributed by atoms with Crippen molar-refractivity contribution in [1.29, 1.82) is 0 Å². The molecule has 142 valence electrons. The predicted molar refractivity (Wildman–Crippen MR) is 102 cm³/mol. The van der Waals surface area contributed by atoms with Crippen LogP contribution in [-0.2, 0) is 24.2 Å². The summed E-state index contributed by atoms with van der Waals surface area (Å²) in [6.07, 6.45) is 1.88. The number of amides is 1. The van der Waals surface area contributed by atoms with Crippen LogP contribution >= 0.6 is 11.3 Å². The van der Waals surface area contributed by atoms with Crippen molar-refractivity contribution < 1.29 is 14.1 Å². The van der Waals surface area contributed by atoms with Crippen molar-refractivity contribution in [2.45, 2.75) is 52.8 Å². The second kappa shape index (κ2) is 8.33. The lowest BCUT2D eigenvalue weighted by Gasteiger charge is -2.27. The molecule has 0 spiro atoms. The van der Waals surface area contributed by atoms with E-state index in [4.69, 9.17) is 9.26 Å². The predicted octanol–water partition coefficient (Wildman–Crippen LogP) is 3.07. The van der Waals surface area contributed by atoms with E-state index in [2.05, 4.69) is 15.4 Å². The van der Waals surface area contributed by atoms with Gasteiger partial charge in [0, 0.05) is 49.1 Å². The summed E-state index contributed by atoms with van der Waals surface area (Å²) in [7, 11) is 1.69. The molecule has 3 heterocycles. The summed E-state index contributed by atoms with van der Waals surface area (Å²) in [6.45, 7) is 9.24. The Labute approximate surface area is 158 Å². The largest absolute Gasteiger partial charge is 0.382 e. The second-order valence-electron chi connectivity index (χ2n) is 6.91. The number of hydrogen-bond donors (Lipinski definition) is 1. The van der Waals surface area contributed by atoms with Gasteiger partial charge < -0.3 is 14.6 Å². The molecule has 2 aromatic heterocycles. The first-order chi connectivity index (χ1) is 12.5. The first kappa shape index (κ1) is 19.1.